The zero-order valence-electron chi connectivity index (χ0n) is 13.7. The number of hydrogen-bond donors (Lipinski definition) is 1. The molecule has 4 amide bonds. The molecule has 0 spiro atoms. The molecule has 1 atom stereocenters. The van der Waals surface area contributed by atoms with E-state index >= 15 is 0 Å². The lowest BCUT2D eigenvalue weighted by molar-refractivity contribution is -0.135. The van der Waals surface area contributed by atoms with Gasteiger partial charge in [0.2, 0.25) is 5.91 Å². The Bertz CT molecular complexity index is 617. The molecule has 1 aromatic rings. The zero-order chi connectivity index (χ0) is 17.0. The molecule has 2 rings (SSSR count). The molecule has 0 unspecified atom stereocenters. The first-order chi connectivity index (χ1) is 10.9. The molecule has 1 aromatic heterocycles. The van der Waals surface area contributed by atoms with Crippen molar-refractivity contribution in [2.45, 2.75) is 39.3 Å². The molecule has 7 nitrogen and oxygen atoms in total. The van der Waals surface area contributed by atoms with Crippen LogP contribution >= 0.6 is 0 Å². The monoisotopic (exact) mass is 318 g/mol. The van der Waals surface area contributed by atoms with Gasteiger partial charge in [-0.15, -0.1) is 0 Å². The normalized spacial score (nSPS) is 17.3. The average Bonchev–Trinajstić information content (AvgIpc) is 2.77. The maximum Gasteiger partial charge on any atom is 0.324 e. The third kappa shape index (κ3) is 3.85. The highest BCUT2D eigenvalue weighted by Gasteiger charge is 2.38. The SMILES string of the molecule is CCCN1C(=O)N[C@H](CC(=O)N(C)Cc2ccncc2C)C1=O. The van der Waals surface area contributed by atoms with E-state index in [-0.39, 0.29) is 18.2 Å². The van der Waals surface area contributed by atoms with Crippen LogP contribution in [0.15, 0.2) is 18.5 Å². The predicted octanol–water partition coefficient (Wildman–Crippen LogP) is 1.07. The average molecular weight is 318 g/mol. The lowest BCUT2D eigenvalue weighted by atomic mass is 10.1. The van der Waals surface area contributed by atoms with Crippen molar-refractivity contribution in [3.05, 3.63) is 29.6 Å². The van der Waals surface area contributed by atoms with E-state index in [0.717, 1.165) is 11.1 Å². The maximum atomic E-state index is 12.3. The minimum Gasteiger partial charge on any atom is -0.341 e. The first-order valence-electron chi connectivity index (χ1n) is 7.69. The van der Waals surface area contributed by atoms with Crippen LogP contribution in [0.3, 0.4) is 0 Å². The number of aromatic nitrogens is 1. The Hall–Kier alpha value is -2.44. The molecule has 0 bridgehead atoms. The van der Waals surface area contributed by atoms with Crippen molar-refractivity contribution >= 4 is 17.8 Å². The lowest BCUT2D eigenvalue weighted by Crippen LogP contribution is -2.37. The number of nitrogens with one attached hydrogen (secondary N) is 1. The van der Waals surface area contributed by atoms with Crippen molar-refractivity contribution in [1.82, 2.24) is 20.1 Å². The Morgan fingerprint density at radius 3 is 2.83 bits per heavy atom. The number of nitrogens with zero attached hydrogens (tertiary/aromatic N) is 3. The van der Waals surface area contributed by atoms with Gasteiger partial charge < -0.3 is 10.2 Å². The van der Waals surface area contributed by atoms with Crippen LogP contribution in [0.1, 0.15) is 30.9 Å². The highest BCUT2D eigenvalue weighted by atomic mass is 16.2. The van der Waals surface area contributed by atoms with E-state index in [0.29, 0.717) is 19.5 Å². The van der Waals surface area contributed by atoms with Crippen molar-refractivity contribution in [2.24, 2.45) is 0 Å². The number of carbonyl (C=O) groups excluding carboxylic acids is 3. The van der Waals surface area contributed by atoms with Gasteiger partial charge >= 0.3 is 6.03 Å². The Kier molecular flexibility index (Phi) is 5.31. The molecule has 0 saturated carbocycles. The molecule has 1 fully saturated rings. The van der Waals surface area contributed by atoms with E-state index < -0.39 is 12.1 Å². The van der Waals surface area contributed by atoms with Gasteiger partial charge in [-0.05, 0) is 30.5 Å². The van der Waals surface area contributed by atoms with Crippen LogP contribution in [0, 0.1) is 6.92 Å². The van der Waals surface area contributed by atoms with Gasteiger partial charge in [0.15, 0.2) is 0 Å². The summed E-state index contributed by atoms with van der Waals surface area (Å²) >= 11 is 0. The van der Waals surface area contributed by atoms with E-state index in [4.69, 9.17) is 0 Å². The summed E-state index contributed by atoms with van der Waals surface area (Å²) in [6, 6.07) is 0.690. The minimum absolute atomic E-state index is 0.0224. The minimum atomic E-state index is -0.762. The van der Waals surface area contributed by atoms with Crippen LogP contribution in [0.5, 0.6) is 0 Å². The third-order valence-electron chi connectivity index (χ3n) is 3.90. The number of aryl methyl sites for hydroxylation is 1. The van der Waals surface area contributed by atoms with Gasteiger partial charge in [-0.1, -0.05) is 6.92 Å². The zero-order valence-corrected chi connectivity index (χ0v) is 13.7. The number of rotatable bonds is 6. The van der Waals surface area contributed by atoms with E-state index in [1.807, 2.05) is 19.9 Å². The van der Waals surface area contributed by atoms with Crippen LogP contribution in [-0.4, -0.2) is 52.3 Å². The first kappa shape index (κ1) is 16.9. The first-order valence-corrected chi connectivity index (χ1v) is 7.69. The van der Waals surface area contributed by atoms with Crippen LogP contribution in [0.4, 0.5) is 4.79 Å². The number of hydrogen-bond acceptors (Lipinski definition) is 4. The van der Waals surface area contributed by atoms with Gasteiger partial charge in [-0.3, -0.25) is 19.5 Å². The molecular formula is C16H22N4O3. The Labute approximate surface area is 135 Å². The van der Waals surface area contributed by atoms with Gasteiger partial charge in [0.25, 0.3) is 5.91 Å². The highest BCUT2D eigenvalue weighted by molar-refractivity contribution is 6.05. The molecule has 0 aromatic carbocycles. The van der Waals surface area contributed by atoms with E-state index in [2.05, 4.69) is 10.3 Å². The van der Waals surface area contributed by atoms with Gasteiger partial charge in [0, 0.05) is 32.5 Å². The van der Waals surface area contributed by atoms with Gasteiger partial charge in [0.05, 0.1) is 6.42 Å². The number of pyridine rings is 1. The Morgan fingerprint density at radius 2 is 2.17 bits per heavy atom. The number of urea groups is 1. The third-order valence-corrected chi connectivity index (χ3v) is 3.90. The molecule has 1 saturated heterocycles. The van der Waals surface area contributed by atoms with Gasteiger partial charge in [-0.2, -0.15) is 0 Å². The highest BCUT2D eigenvalue weighted by Crippen LogP contribution is 2.13. The summed E-state index contributed by atoms with van der Waals surface area (Å²) in [5.41, 5.74) is 2.01. The summed E-state index contributed by atoms with van der Waals surface area (Å²) in [5, 5.41) is 2.58. The van der Waals surface area contributed by atoms with Gasteiger partial charge in [0.1, 0.15) is 6.04 Å². The summed E-state index contributed by atoms with van der Waals surface area (Å²) in [4.78, 5) is 42.9. The Balaban J connectivity index is 1.95. The number of imide groups is 1. The number of amides is 4. The molecule has 124 valence electrons. The molecule has 23 heavy (non-hydrogen) atoms. The fourth-order valence-electron chi connectivity index (χ4n) is 2.50. The second-order valence-corrected chi connectivity index (χ2v) is 5.75. The van der Waals surface area contributed by atoms with Crippen LogP contribution in [0.25, 0.3) is 0 Å². The van der Waals surface area contributed by atoms with Crippen LogP contribution in [0.2, 0.25) is 0 Å². The van der Waals surface area contributed by atoms with E-state index in [1.165, 1.54) is 4.90 Å². The summed E-state index contributed by atoms with van der Waals surface area (Å²) < 4.78 is 0. The molecule has 0 radical (unpaired) electrons. The lowest BCUT2D eigenvalue weighted by Gasteiger charge is -2.19. The second kappa shape index (κ2) is 7.21. The predicted molar refractivity (Wildman–Crippen MR) is 84.4 cm³/mol. The van der Waals surface area contributed by atoms with Gasteiger partial charge in [-0.25, -0.2) is 4.79 Å². The molecule has 1 aliphatic heterocycles. The largest absolute Gasteiger partial charge is 0.341 e. The van der Waals surface area contributed by atoms with Crippen LogP contribution < -0.4 is 5.32 Å². The molecular weight excluding hydrogens is 296 g/mol. The van der Waals surface area contributed by atoms with E-state index in [9.17, 15) is 14.4 Å². The molecule has 1 N–H and O–H groups in total. The fraction of sp³-hybridized carbons (Fsp3) is 0.500. The number of carbonyl (C=O) groups is 3. The Morgan fingerprint density at radius 1 is 1.43 bits per heavy atom. The van der Waals surface area contributed by atoms with Crippen LogP contribution in [-0.2, 0) is 16.1 Å². The molecule has 7 heteroatoms. The molecule has 1 aliphatic rings. The molecule has 2 heterocycles. The summed E-state index contributed by atoms with van der Waals surface area (Å²) in [6.45, 7) is 4.65. The van der Waals surface area contributed by atoms with Crippen molar-refractivity contribution in [3.63, 3.8) is 0 Å². The standard InChI is InChI=1S/C16H22N4O3/c1-4-7-20-15(22)13(18-16(20)23)8-14(21)19(3)10-12-5-6-17-9-11(12)2/h5-6,9,13H,4,7-8,10H2,1-3H3,(H,18,23)/t13-/m1/s1. The van der Waals surface area contributed by atoms with E-state index in [1.54, 1.807) is 24.3 Å². The quantitative estimate of drug-likeness (QED) is 0.795. The smallest absolute Gasteiger partial charge is 0.324 e. The summed E-state index contributed by atoms with van der Waals surface area (Å²) in [6.07, 6.45) is 4.10. The van der Waals surface area contributed by atoms with Crippen molar-refractivity contribution < 1.29 is 14.4 Å². The maximum absolute atomic E-state index is 12.3. The van der Waals surface area contributed by atoms with Crippen molar-refractivity contribution in [2.75, 3.05) is 13.6 Å². The van der Waals surface area contributed by atoms with Crippen molar-refractivity contribution in [1.29, 1.82) is 0 Å². The van der Waals surface area contributed by atoms with Crippen molar-refractivity contribution in [3.8, 4) is 0 Å². The molecule has 0 aliphatic carbocycles. The second-order valence-electron chi connectivity index (χ2n) is 5.75. The summed E-state index contributed by atoms with van der Waals surface area (Å²) in [5.74, 6) is -0.503. The summed E-state index contributed by atoms with van der Waals surface area (Å²) in [7, 11) is 1.69. The fourth-order valence-corrected chi connectivity index (χ4v) is 2.50. The topological polar surface area (TPSA) is 82.6 Å².